The fraction of sp³-hybridized carbons (Fsp3) is 0.520. The van der Waals surface area contributed by atoms with Crippen molar-refractivity contribution in [2.24, 2.45) is 0 Å². The van der Waals surface area contributed by atoms with Gasteiger partial charge in [-0.1, -0.05) is 31.2 Å². The molecule has 0 amide bonds. The SMILES string of the molecule is CCN1CC[C@]23CC4Nc5ccccc5C4C[C@@]2(O)C1Cc1ccc(OC)c(O)c13. The molecule has 2 bridgehead atoms. The predicted molar refractivity (Wildman–Crippen MR) is 116 cm³/mol. The molecule has 30 heavy (non-hydrogen) atoms. The number of phenolic OH excluding ortho intramolecular Hbond substituents is 1. The van der Waals surface area contributed by atoms with Crippen molar-refractivity contribution in [3.8, 4) is 11.5 Å². The van der Waals surface area contributed by atoms with Gasteiger partial charge in [-0.2, -0.15) is 0 Å². The zero-order valence-electron chi connectivity index (χ0n) is 17.7. The van der Waals surface area contributed by atoms with E-state index in [0.29, 0.717) is 11.7 Å². The average molecular weight is 407 g/mol. The van der Waals surface area contributed by atoms with Crippen LogP contribution in [0.2, 0.25) is 0 Å². The van der Waals surface area contributed by atoms with Crippen LogP contribution in [0.1, 0.15) is 48.8 Å². The number of aromatic hydroxyl groups is 1. The topological polar surface area (TPSA) is 65.0 Å². The molecule has 5 nitrogen and oxygen atoms in total. The molecule has 4 aliphatic rings. The number of fused-ring (bicyclic) bond motifs is 4. The quantitative estimate of drug-likeness (QED) is 0.714. The van der Waals surface area contributed by atoms with Crippen molar-refractivity contribution in [3.63, 3.8) is 0 Å². The first-order valence-electron chi connectivity index (χ1n) is 11.2. The van der Waals surface area contributed by atoms with Gasteiger partial charge in [0.05, 0.1) is 12.7 Å². The minimum absolute atomic E-state index is 0.0743. The number of ether oxygens (including phenoxy) is 1. The van der Waals surface area contributed by atoms with Crippen LogP contribution in [0.4, 0.5) is 5.69 Å². The molecule has 0 spiro atoms. The standard InChI is InChI=1S/C25H30N2O3/c1-3-27-11-10-24-14-19-17(16-6-4-5-7-18(16)26-19)13-25(24,29)21(27)12-15-8-9-20(30-2)23(28)22(15)24/h4-9,17,19,21,26,28-29H,3,10-14H2,1-2H3/t17?,19?,21?,24-,25-/m1/s1. The molecule has 0 radical (unpaired) electrons. The third-order valence-electron chi connectivity index (χ3n) is 8.68. The summed E-state index contributed by atoms with van der Waals surface area (Å²) in [7, 11) is 1.60. The Hall–Kier alpha value is -2.24. The van der Waals surface area contributed by atoms with Crippen LogP contribution < -0.4 is 10.1 Å². The van der Waals surface area contributed by atoms with Crippen molar-refractivity contribution >= 4 is 5.69 Å². The number of piperidine rings is 1. The van der Waals surface area contributed by atoms with Crippen molar-refractivity contribution in [3.05, 3.63) is 53.1 Å². The van der Waals surface area contributed by atoms with Crippen LogP contribution in [0.15, 0.2) is 36.4 Å². The van der Waals surface area contributed by atoms with Crippen molar-refractivity contribution in [1.82, 2.24) is 4.90 Å². The summed E-state index contributed by atoms with van der Waals surface area (Å²) in [6.07, 6.45) is 3.16. The summed E-state index contributed by atoms with van der Waals surface area (Å²) >= 11 is 0. The van der Waals surface area contributed by atoms with Gasteiger partial charge >= 0.3 is 0 Å². The third kappa shape index (κ3) is 2.10. The summed E-state index contributed by atoms with van der Waals surface area (Å²) in [6, 6.07) is 12.9. The van der Waals surface area contributed by atoms with Gasteiger partial charge in [0, 0.05) is 34.7 Å². The normalized spacial score (nSPS) is 36.2. The number of nitrogens with zero attached hydrogens (tertiary/aromatic N) is 1. The fourth-order valence-corrected chi connectivity index (χ4v) is 7.37. The van der Waals surface area contributed by atoms with Crippen LogP contribution in [0.25, 0.3) is 0 Å². The van der Waals surface area contributed by atoms with E-state index in [1.54, 1.807) is 7.11 Å². The molecular formula is C25H30N2O3. The van der Waals surface area contributed by atoms with E-state index in [2.05, 4.69) is 47.5 Å². The van der Waals surface area contributed by atoms with Gasteiger partial charge in [-0.3, -0.25) is 4.90 Å². The van der Waals surface area contributed by atoms with E-state index in [1.807, 2.05) is 6.07 Å². The largest absolute Gasteiger partial charge is 0.504 e. The summed E-state index contributed by atoms with van der Waals surface area (Å²) in [4.78, 5) is 2.46. The number of likely N-dealkylation sites (N-methyl/N-ethyl adjacent to an activating group) is 1. The Balaban J connectivity index is 1.56. The molecule has 2 aliphatic carbocycles. The smallest absolute Gasteiger partial charge is 0.161 e. The lowest BCUT2D eigenvalue weighted by Crippen LogP contribution is -2.74. The first kappa shape index (κ1) is 18.5. The number of hydrogen-bond donors (Lipinski definition) is 3. The molecule has 6 rings (SSSR count). The number of benzene rings is 2. The van der Waals surface area contributed by atoms with E-state index in [0.717, 1.165) is 49.9 Å². The van der Waals surface area contributed by atoms with Gasteiger partial charge in [-0.15, -0.1) is 0 Å². The van der Waals surface area contributed by atoms with Crippen molar-refractivity contribution in [2.45, 2.75) is 61.6 Å². The Kier molecular flexibility index (Phi) is 3.79. The van der Waals surface area contributed by atoms with Crippen molar-refractivity contribution in [1.29, 1.82) is 0 Å². The minimum atomic E-state index is -0.877. The van der Waals surface area contributed by atoms with Crippen LogP contribution in [0, 0.1) is 0 Å². The molecule has 1 saturated carbocycles. The number of phenols is 1. The van der Waals surface area contributed by atoms with Crippen LogP contribution >= 0.6 is 0 Å². The Morgan fingerprint density at radius 2 is 2.03 bits per heavy atom. The lowest BCUT2D eigenvalue weighted by atomic mass is 9.47. The second-order valence-corrected chi connectivity index (χ2v) is 9.61. The Morgan fingerprint density at radius 1 is 1.20 bits per heavy atom. The molecule has 5 atom stereocenters. The molecule has 2 fully saturated rings. The van der Waals surface area contributed by atoms with Gasteiger partial charge in [0.15, 0.2) is 11.5 Å². The van der Waals surface area contributed by atoms with E-state index in [9.17, 15) is 10.2 Å². The van der Waals surface area contributed by atoms with Gasteiger partial charge in [-0.05, 0) is 62.0 Å². The molecule has 2 heterocycles. The van der Waals surface area contributed by atoms with E-state index in [4.69, 9.17) is 4.74 Å². The number of anilines is 1. The van der Waals surface area contributed by atoms with Crippen LogP contribution in [0.3, 0.4) is 0 Å². The summed E-state index contributed by atoms with van der Waals surface area (Å²) in [5, 5.41) is 27.6. The summed E-state index contributed by atoms with van der Waals surface area (Å²) in [5.41, 5.74) is 3.28. The lowest BCUT2D eigenvalue weighted by Gasteiger charge is -2.65. The highest BCUT2D eigenvalue weighted by Gasteiger charge is 2.67. The monoisotopic (exact) mass is 406 g/mol. The van der Waals surface area contributed by atoms with Crippen LogP contribution in [0.5, 0.6) is 11.5 Å². The number of methoxy groups -OCH3 is 1. The number of para-hydroxylation sites is 1. The first-order chi connectivity index (χ1) is 14.5. The highest BCUT2D eigenvalue weighted by Crippen LogP contribution is 2.64. The van der Waals surface area contributed by atoms with Crippen LogP contribution in [-0.4, -0.2) is 53.0 Å². The molecule has 2 aliphatic heterocycles. The van der Waals surface area contributed by atoms with Gasteiger partial charge in [-0.25, -0.2) is 0 Å². The molecule has 1 saturated heterocycles. The van der Waals surface area contributed by atoms with E-state index in [1.165, 1.54) is 11.3 Å². The number of aliphatic hydroxyl groups is 1. The van der Waals surface area contributed by atoms with Gasteiger partial charge < -0.3 is 20.3 Å². The van der Waals surface area contributed by atoms with E-state index >= 15 is 0 Å². The highest BCUT2D eigenvalue weighted by atomic mass is 16.5. The van der Waals surface area contributed by atoms with Crippen molar-refractivity contribution < 1.29 is 14.9 Å². The first-order valence-corrected chi connectivity index (χ1v) is 11.2. The van der Waals surface area contributed by atoms with Gasteiger partial charge in [0.1, 0.15) is 0 Å². The Morgan fingerprint density at radius 3 is 2.83 bits per heavy atom. The van der Waals surface area contributed by atoms with E-state index in [-0.39, 0.29) is 17.8 Å². The molecular weight excluding hydrogens is 376 g/mol. The number of hydrogen-bond acceptors (Lipinski definition) is 5. The number of nitrogens with one attached hydrogen (secondary N) is 1. The Bertz CT molecular complexity index is 1020. The van der Waals surface area contributed by atoms with Crippen LogP contribution in [-0.2, 0) is 11.8 Å². The zero-order chi connectivity index (χ0) is 20.7. The lowest BCUT2D eigenvalue weighted by molar-refractivity contribution is -0.170. The number of likely N-dealkylation sites (tertiary alicyclic amines) is 1. The molecule has 2 aromatic carbocycles. The summed E-state index contributed by atoms with van der Waals surface area (Å²) in [6.45, 7) is 4.07. The molecule has 158 valence electrons. The molecule has 3 N–H and O–H groups in total. The van der Waals surface area contributed by atoms with Gasteiger partial charge in [0.25, 0.3) is 0 Å². The fourth-order valence-electron chi connectivity index (χ4n) is 7.37. The second kappa shape index (κ2) is 6.14. The maximum Gasteiger partial charge on any atom is 0.161 e. The van der Waals surface area contributed by atoms with Gasteiger partial charge in [0.2, 0.25) is 0 Å². The minimum Gasteiger partial charge on any atom is -0.504 e. The molecule has 3 unspecified atom stereocenters. The maximum absolute atomic E-state index is 12.5. The predicted octanol–water partition coefficient (Wildman–Crippen LogP) is 3.39. The average Bonchev–Trinajstić information content (AvgIpc) is 3.08. The third-order valence-corrected chi connectivity index (χ3v) is 8.68. The molecule has 5 heteroatoms. The highest BCUT2D eigenvalue weighted by molar-refractivity contribution is 5.63. The maximum atomic E-state index is 12.5. The summed E-state index contributed by atoms with van der Waals surface area (Å²) in [5.74, 6) is 1.03. The summed E-state index contributed by atoms with van der Waals surface area (Å²) < 4.78 is 5.48. The number of rotatable bonds is 2. The zero-order valence-corrected chi connectivity index (χ0v) is 17.7. The Labute approximate surface area is 177 Å². The van der Waals surface area contributed by atoms with Crippen molar-refractivity contribution in [2.75, 3.05) is 25.5 Å². The molecule has 2 aromatic rings. The second-order valence-electron chi connectivity index (χ2n) is 9.61. The van der Waals surface area contributed by atoms with E-state index < -0.39 is 11.0 Å². The molecule has 0 aromatic heterocycles.